The predicted octanol–water partition coefficient (Wildman–Crippen LogP) is 1.16. The minimum atomic E-state index is 0.296. The molecular formula is C12H20N6O. The minimum absolute atomic E-state index is 0.296. The topological polar surface area (TPSA) is 98.0 Å². The highest BCUT2D eigenvalue weighted by Gasteiger charge is 2.53. The second kappa shape index (κ2) is 4.80. The molecule has 4 N–H and O–H groups in total. The number of ether oxygens (including phenoxy) is 1. The molecule has 1 aromatic rings. The molecule has 2 aliphatic rings. The predicted molar refractivity (Wildman–Crippen MR) is 71.7 cm³/mol. The number of hydrogen-bond acceptors (Lipinski definition) is 7. The molecule has 0 unspecified atom stereocenters. The first kappa shape index (κ1) is 12.4. The highest BCUT2D eigenvalue weighted by Crippen LogP contribution is 2.61. The number of hydrogen-bond donors (Lipinski definition) is 3. The molecule has 0 aliphatic heterocycles. The van der Waals surface area contributed by atoms with Crippen LogP contribution in [-0.2, 0) is 0 Å². The normalized spacial score (nSPS) is 19.9. The van der Waals surface area contributed by atoms with E-state index >= 15 is 0 Å². The number of aromatic nitrogens is 3. The molecule has 0 spiro atoms. The Morgan fingerprint density at radius 3 is 2.58 bits per heavy atom. The minimum Gasteiger partial charge on any atom is -0.464 e. The smallest absolute Gasteiger partial charge is 0.323 e. The van der Waals surface area contributed by atoms with Crippen LogP contribution in [0.15, 0.2) is 0 Å². The van der Waals surface area contributed by atoms with Crippen LogP contribution in [0.4, 0.5) is 11.9 Å². The van der Waals surface area contributed by atoms with E-state index in [9.17, 15) is 0 Å². The summed E-state index contributed by atoms with van der Waals surface area (Å²) in [5, 5.41) is 3.30. The van der Waals surface area contributed by atoms with Crippen molar-refractivity contribution in [3.63, 3.8) is 0 Å². The monoisotopic (exact) mass is 264 g/mol. The van der Waals surface area contributed by atoms with E-state index in [1.165, 1.54) is 25.7 Å². The lowest BCUT2D eigenvalue weighted by atomic mass is 10.0. The molecule has 7 nitrogen and oxygen atoms in total. The van der Waals surface area contributed by atoms with Crippen molar-refractivity contribution in [2.75, 3.05) is 23.9 Å². The lowest BCUT2D eigenvalue weighted by Crippen LogP contribution is -2.20. The highest BCUT2D eigenvalue weighted by molar-refractivity contribution is 5.35. The van der Waals surface area contributed by atoms with Crippen LogP contribution in [0, 0.1) is 11.3 Å². The summed E-state index contributed by atoms with van der Waals surface area (Å²) in [6, 6.07) is 0.296. The fraction of sp³-hybridized carbons (Fsp3) is 0.750. The summed E-state index contributed by atoms with van der Waals surface area (Å²) in [6.07, 6.45) is 5.38. The van der Waals surface area contributed by atoms with E-state index in [2.05, 4.69) is 25.7 Å². The zero-order valence-electron chi connectivity index (χ0n) is 11.1. The zero-order valence-corrected chi connectivity index (χ0v) is 11.1. The van der Waals surface area contributed by atoms with Crippen LogP contribution in [-0.4, -0.2) is 28.1 Å². The quantitative estimate of drug-likeness (QED) is 0.502. The molecule has 3 rings (SSSR count). The maximum Gasteiger partial charge on any atom is 0.323 e. The summed E-state index contributed by atoms with van der Waals surface area (Å²) < 4.78 is 5.30. The lowest BCUT2D eigenvalue weighted by molar-refractivity contribution is 0.312. The van der Waals surface area contributed by atoms with Crippen molar-refractivity contribution in [3.05, 3.63) is 0 Å². The molecule has 0 radical (unpaired) electrons. The van der Waals surface area contributed by atoms with Gasteiger partial charge in [-0.05, 0) is 43.9 Å². The Morgan fingerprint density at radius 1 is 1.26 bits per heavy atom. The van der Waals surface area contributed by atoms with Gasteiger partial charge in [0.1, 0.15) is 0 Å². The van der Waals surface area contributed by atoms with E-state index in [0.717, 1.165) is 12.5 Å². The Balaban J connectivity index is 1.67. The molecule has 2 fully saturated rings. The number of nitrogens with one attached hydrogen (secondary N) is 2. The molecule has 0 amide bonds. The van der Waals surface area contributed by atoms with Crippen LogP contribution in [0.5, 0.6) is 6.01 Å². The molecular weight excluding hydrogens is 244 g/mol. The Morgan fingerprint density at radius 2 is 2.00 bits per heavy atom. The highest BCUT2D eigenvalue weighted by atomic mass is 16.5. The number of nitrogen functional groups attached to an aromatic ring is 1. The van der Waals surface area contributed by atoms with Crippen molar-refractivity contribution in [2.24, 2.45) is 17.2 Å². The van der Waals surface area contributed by atoms with Crippen molar-refractivity contribution < 1.29 is 4.74 Å². The maximum atomic E-state index is 5.35. The van der Waals surface area contributed by atoms with Crippen LogP contribution < -0.4 is 21.3 Å². The van der Waals surface area contributed by atoms with Crippen molar-refractivity contribution in [1.82, 2.24) is 15.0 Å². The molecule has 1 aromatic heterocycles. The SMILES string of the molecule is CCOc1nc(NN)nc(NCC2(C3CC3)CC2)n1. The maximum absolute atomic E-state index is 5.35. The number of anilines is 2. The first-order valence-corrected chi connectivity index (χ1v) is 6.85. The molecule has 7 heteroatoms. The number of nitrogens with zero attached hydrogens (tertiary/aromatic N) is 3. The van der Waals surface area contributed by atoms with Gasteiger partial charge in [0, 0.05) is 6.54 Å². The fourth-order valence-corrected chi connectivity index (χ4v) is 2.53. The Hall–Kier alpha value is -1.63. The van der Waals surface area contributed by atoms with Crippen LogP contribution in [0.3, 0.4) is 0 Å². The average Bonchev–Trinajstić information content (AvgIpc) is 3.28. The van der Waals surface area contributed by atoms with Gasteiger partial charge < -0.3 is 10.1 Å². The third-order valence-corrected chi connectivity index (χ3v) is 3.95. The molecule has 0 saturated heterocycles. The van der Waals surface area contributed by atoms with Crippen molar-refractivity contribution in [1.29, 1.82) is 0 Å². The van der Waals surface area contributed by atoms with Gasteiger partial charge in [-0.25, -0.2) is 5.84 Å². The molecule has 19 heavy (non-hydrogen) atoms. The molecule has 1 heterocycles. The van der Waals surface area contributed by atoms with Gasteiger partial charge in [-0.3, -0.25) is 5.43 Å². The Bertz CT molecular complexity index is 458. The van der Waals surface area contributed by atoms with E-state index in [1.54, 1.807) is 0 Å². The lowest BCUT2D eigenvalue weighted by Gasteiger charge is -2.15. The number of rotatable bonds is 7. The van der Waals surface area contributed by atoms with Crippen LogP contribution in [0.2, 0.25) is 0 Å². The van der Waals surface area contributed by atoms with Crippen LogP contribution >= 0.6 is 0 Å². The first-order chi connectivity index (χ1) is 9.25. The van der Waals surface area contributed by atoms with Gasteiger partial charge in [0.15, 0.2) is 0 Å². The van der Waals surface area contributed by atoms with E-state index in [0.29, 0.717) is 29.9 Å². The van der Waals surface area contributed by atoms with Crippen molar-refractivity contribution in [3.8, 4) is 6.01 Å². The third kappa shape index (κ3) is 2.70. The standard InChI is InChI=1S/C12H20N6O/c1-2-19-11-16-9(15-10(17-11)18-13)14-7-12(5-6-12)8-3-4-8/h8H,2-7,13H2,1H3,(H2,14,15,16,17,18). The third-order valence-electron chi connectivity index (χ3n) is 3.95. The number of nitrogens with two attached hydrogens (primary N) is 1. The first-order valence-electron chi connectivity index (χ1n) is 6.85. The van der Waals surface area contributed by atoms with Gasteiger partial charge in [-0.15, -0.1) is 0 Å². The Labute approximate surface area is 112 Å². The average molecular weight is 264 g/mol. The van der Waals surface area contributed by atoms with Gasteiger partial charge >= 0.3 is 6.01 Å². The van der Waals surface area contributed by atoms with Crippen LogP contribution in [0.25, 0.3) is 0 Å². The zero-order chi connectivity index (χ0) is 13.3. The number of hydrazine groups is 1. The van der Waals surface area contributed by atoms with Gasteiger partial charge in [0.25, 0.3) is 0 Å². The summed E-state index contributed by atoms with van der Waals surface area (Å²) in [4.78, 5) is 12.5. The molecule has 0 atom stereocenters. The second-order valence-corrected chi connectivity index (χ2v) is 5.33. The van der Waals surface area contributed by atoms with E-state index in [-0.39, 0.29) is 0 Å². The largest absolute Gasteiger partial charge is 0.464 e. The summed E-state index contributed by atoms with van der Waals surface area (Å²) >= 11 is 0. The molecule has 104 valence electrons. The Kier molecular flexibility index (Phi) is 3.14. The molecule has 2 saturated carbocycles. The summed E-state index contributed by atoms with van der Waals surface area (Å²) in [5.41, 5.74) is 2.93. The van der Waals surface area contributed by atoms with E-state index in [4.69, 9.17) is 10.6 Å². The van der Waals surface area contributed by atoms with Gasteiger partial charge in [0.2, 0.25) is 11.9 Å². The summed E-state index contributed by atoms with van der Waals surface area (Å²) in [7, 11) is 0. The second-order valence-electron chi connectivity index (χ2n) is 5.33. The van der Waals surface area contributed by atoms with Gasteiger partial charge in [-0.1, -0.05) is 0 Å². The molecule has 0 bridgehead atoms. The molecule has 2 aliphatic carbocycles. The van der Waals surface area contributed by atoms with Crippen molar-refractivity contribution >= 4 is 11.9 Å². The summed E-state index contributed by atoms with van der Waals surface area (Å²) in [5.74, 6) is 7.10. The van der Waals surface area contributed by atoms with Gasteiger partial charge in [-0.2, -0.15) is 15.0 Å². The van der Waals surface area contributed by atoms with E-state index in [1.807, 2.05) is 6.92 Å². The fourth-order valence-electron chi connectivity index (χ4n) is 2.53. The van der Waals surface area contributed by atoms with Crippen molar-refractivity contribution in [2.45, 2.75) is 32.6 Å². The van der Waals surface area contributed by atoms with Gasteiger partial charge in [0.05, 0.1) is 6.61 Å². The molecule has 0 aromatic carbocycles. The van der Waals surface area contributed by atoms with E-state index < -0.39 is 0 Å². The van der Waals surface area contributed by atoms with Crippen LogP contribution in [0.1, 0.15) is 32.6 Å². The summed E-state index contributed by atoms with van der Waals surface area (Å²) in [6.45, 7) is 3.33.